The molecule has 14 rings (SSSR count). The molecular formula is C58H36N4OS. The number of benzene rings is 8. The molecule has 0 N–H and O–H groups in total. The molecule has 0 aliphatic heterocycles. The van der Waals surface area contributed by atoms with Crippen molar-refractivity contribution in [1.82, 2.24) is 19.1 Å². The van der Waals surface area contributed by atoms with E-state index in [1.807, 2.05) is 12.1 Å². The van der Waals surface area contributed by atoms with E-state index in [0.717, 1.165) is 89.6 Å². The Labute approximate surface area is 371 Å². The highest BCUT2D eigenvalue weighted by atomic mass is 32.1. The maximum atomic E-state index is 6.21. The highest BCUT2D eigenvalue weighted by Crippen LogP contribution is 2.43. The van der Waals surface area contributed by atoms with E-state index in [1.165, 1.54) is 48.3 Å². The van der Waals surface area contributed by atoms with Gasteiger partial charge in [0.2, 0.25) is 5.95 Å². The Bertz CT molecular complexity index is 4140. The van der Waals surface area contributed by atoms with Gasteiger partial charge in [0.1, 0.15) is 11.2 Å². The van der Waals surface area contributed by atoms with Crippen LogP contribution in [0, 0.1) is 0 Å². The smallest absolute Gasteiger partial charge is 0.235 e. The first-order chi connectivity index (χ1) is 31.7. The van der Waals surface area contributed by atoms with Crippen LogP contribution in [0.2, 0.25) is 0 Å². The second-order valence-corrected chi connectivity index (χ2v) is 17.9. The molecule has 1 aliphatic rings. The van der Waals surface area contributed by atoms with Crippen LogP contribution >= 0.6 is 11.3 Å². The topological polar surface area (TPSA) is 48.8 Å². The van der Waals surface area contributed by atoms with Crippen molar-refractivity contribution in [2.45, 2.75) is 12.8 Å². The standard InChI is InChI=1S/C58H36N4OS/c1-3-14-36(15-4-1)54-34-48-57(64-54)55(37-16-5-2-6-17-37)60-58(59-48)62-51-29-25-39(32-46(51)44-27-23-35-13-7-8-18-41(35)56(44)62)38-24-28-50-45(31-38)42-19-9-11-21-49(42)61(50)40-26-30-53-47(33-40)43-20-10-12-22-52(43)63-53/h1,3-5,7-34H,2,6H2. The second kappa shape index (κ2) is 13.7. The van der Waals surface area contributed by atoms with E-state index in [4.69, 9.17) is 14.4 Å². The van der Waals surface area contributed by atoms with Crippen molar-refractivity contribution in [2.24, 2.45) is 0 Å². The minimum absolute atomic E-state index is 0.680. The Morgan fingerprint density at radius 1 is 0.484 bits per heavy atom. The fourth-order valence-corrected chi connectivity index (χ4v) is 11.3. The molecule has 6 heteroatoms. The van der Waals surface area contributed by atoms with Crippen molar-refractivity contribution in [3.63, 3.8) is 0 Å². The molecule has 300 valence electrons. The summed E-state index contributed by atoms with van der Waals surface area (Å²) >= 11 is 1.77. The molecule has 0 bridgehead atoms. The predicted octanol–water partition coefficient (Wildman–Crippen LogP) is 16.0. The van der Waals surface area contributed by atoms with Crippen LogP contribution in [-0.4, -0.2) is 19.1 Å². The molecule has 8 aromatic carbocycles. The van der Waals surface area contributed by atoms with Gasteiger partial charge in [-0.15, -0.1) is 11.3 Å². The molecule has 0 saturated heterocycles. The molecule has 64 heavy (non-hydrogen) atoms. The first-order valence-corrected chi connectivity index (χ1v) is 22.7. The zero-order valence-corrected chi connectivity index (χ0v) is 35.3. The van der Waals surface area contributed by atoms with Crippen LogP contribution < -0.4 is 0 Å². The summed E-state index contributed by atoms with van der Waals surface area (Å²) in [7, 11) is 0. The molecule has 0 saturated carbocycles. The number of hydrogen-bond acceptors (Lipinski definition) is 4. The number of allylic oxidation sites excluding steroid dienone is 4. The maximum Gasteiger partial charge on any atom is 0.235 e. The summed E-state index contributed by atoms with van der Waals surface area (Å²) in [6.07, 6.45) is 8.87. The SMILES string of the molecule is C1=CC(c2nc(-n3c4ccc(-c5ccc6c(c5)c5ccccc5n6-c5ccc6oc7ccccc7c6c5)cc4c4ccc5ccccc5c43)nc3cc(-c4ccccc4)sc23)=CCC1. The molecule has 5 nitrogen and oxygen atoms in total. The monoisotopic (exact) mass is 836 g/mol. The van der Waals surface area contributed by atoms with E-state index in [2.05, 4.69) is 191 Å². The third-order valence-electron chi connectivity index (χ3n) is 13.2. The normalized spacial score (nSPS) is 13.2. The molecule has 0 amide bonds. The number of fused-ring (bicyclic) bond motifs is 12. The van der Waals surface area contributed by atoms with Crippen molar-refractivity contribution in [2.75, 3.05) is 0 Å². The zero-order chi connectivity index (χ0) is 41.9. The number of aromatic nitrogens is 4. The van der Waals surface area contributed by atoms with Crippen molar-refractivity contribution in [1.29, 1.82) is 0 Å². The number of nitrogens with zero attached hydrogens (tertiary/aromatic N) is 4. The Hall–Kier alpha value is -8.06. The molecule has 0 unspecified atom stereocenters. The van der Waals surface area contributed by atoms with Gasteiger partial charge in [0, 0.05) is 48.3 Å². The van der Waals surface area contributed by atoms with Gasteiger partial charge in [-0.3, -0.25) is 4.57 Å². The van der Waals surface area contributed by atoms with E-state index in [0.29, 0.717) is 5.95 Å². The molecule has 0 atom stereocenters. The summed E-state index contributed by atoms with van der Waals surface area (Å²) in [5.41, 5.74) is 14.0. The van der Waals surface area contributed by atoms with Gasteiger partial charge in [0.15, 0.2) is 0 Å². The quantitative estimate of drug-likeness (QED) is 0.173. The van der Waals surface area contributed by atoms with Crippen molar-refractivity contribution in [3.8, 4) is 33.2 Å². The minimum Gasteiger partial charge on any atom is -0.456 e. The number of thiophene rings is 1. The minimum atomic E-state index is 0.680. The lowest BCUT2D eigenvalue weighted by atomic mass is 10.00. The van der Waals surface area contributed by atoms with Crippen LogP contribution in [0.25, 0.3) is 125 Å². The van der Waals surface area contributed by atoms with Crippen LogP contribution in [0.4, 0.5) is 0 Å². The van der Waals surface area contributed by atoms with Crippen LogP contribution in [0.15, 0.2) is 199 Å². The van der Waals surface area contributed by atoms with E-state index in [1.54, 1.807) is 11.3 Å². The third kappa shape index (κ3) is 5.30. The Kier molecular flexibility index (Phi) is 7.62. The Morgan fingerprint density at radius 3 is 2.05 bits per heavy atom. The lowest BCUT2D eigenvalue weighted by Gasteiger charge is -2.12. The Morgan fingerprint density at radius 2 is 1.20 bits per heavy atom. The third-order valence-corrected chi connectivity index (χ3v) is 14.3. The van der Waals surface area contributed by atoms with Gasteiger partial charge in [-0.25, -0.2) is 9.97 Å². The molecule has 5 aromatic heterocycles. The van der Waals surface area contributed by atoms with Gasteiger partial charge in [-0.1, -0.05) is 133 Å². The lowest BCUT2D eigenvalue weighted by Crippen LogP contribution is -2.04. The molecular weight excluding hydrogens is 801 g/mol. The summed E-state index contributed by atoms with van der Waals surface area (Å²) in [4.78, 5) is 12.1. The molecule has 0 fully saturated rings. The number of hydrogen-bond donors (Lipinski definition) is 0. The van der Waals surface area contributed by atoms with Gasteiger partial charge < -0.3 is 8.98 Å². The zero-order valence-electron chi connectivity index (χ0n) is 34.5. The largest absolute Gasteiger partial charge is 0.456 e. The molecule has 0 spiro atoms. The van der Waals surface area contributed by atoms with Gasteiger partial charge in [0.05, 0.1) is 38.0 Å². The number of rotatable bonds is 5. The molecule has 5 heterocycles. The molecule has 13 aromatic rings. The summed E-state index contributed by atoms with van der Waals surface area (Å²) in [6, 6.07) is 63.4. The Balaban J connectivity index is 0.973. The highest BCUT2D eigenvalue weighted by molar-refractivity contribution is 7.22. The average molecular weight is 837 g/mol. The van der Waals surface area contributed by atoms with Gasteiger partial charge in [0.25, 0.3) is 0 Å². The summed E-state index contributed by atoms with van der Waals surface area (Å²) in [6.45, 7) is 0. The molecule has 0 radical (unpaired) electrons. The maximum absolute atomic E-state index is 6.21. The predicted molar refractivity (Wildman–Crippen MR) is 268 cm³/mol. The van der Waals surface area contributed by atoms with Gasteiger partial charge in [-0.2, -0.15) is 0 Å². The van der Waals surface area contributed by atoms with E-state index in [-0.39, 0.29) is 0 Å². The second-order valence-electron chi connectivity index (χ2n) is 16.8. The van der Waals surface area contributed by atoms with Crippen molar-refractivity contribution < 1.29 is 4.42 Å². The van der Waals surface area contributed by atoms with E-state index < -0.39 is 0 Å². The van der Waals surface area contributed by atoms with Gasteiger partial charge in [-0.05, 0) is 101 Å². The first kappa shape index (κ1) is 35.5. The highest BCUT2D eigenvalue weighted by Gasteiger charge is 2.22. The van der Waals surface area contributed by atoms with Crippen LogP contribution in [0.3, 0.4) is 0 Å². The summed E-state index contributed by atoms with van der Waals surface area (Å²) in [5.74, 6) is 0.680. The number of para-hydroxylation sites is 2. The van der Waals surface area contributed by atoms with Crippen molar-refractivity contribution >= 4 is 103 Å². The van der Waals surface area contributed by atoms with Gasteiger partial charge >= 0.3 is 0 Å². The van der Waals surface area contributed by atoms with Crippen molar-refractivity contribution in [3.05, 3.63) is 200 Å². The van der Waals surface area contributed by atoms with Crippen LogP contribution in [0.5, 0.6) is 0 Å². The summed E-state index contributed by atoms with van der Waals surface area (Å²) < 4.78 is 12.0. The number of furan rings is 1. The molecule has 1 aliphatic carbocycles. The van der Waals surface area contributed by atoms with E-state index in [9.17, 15) is 0 Å². The van der Waals surface area contributed by atoms with Crippen LogP contribution in [-0.2, 0) is 0 Å². The lowest BCUT2D eigenvalue weighted by molar-refractivity contribution is 0.669. The first-order valence-electron chi connectivity index (χ1n) is 21.9. The van der Waals surface area contributed by atoms with Crippen LogP contribution in [0.1, 0.15) is 18.5 Å². The van der Waals surface area contributed by atoms with E-state index >= 15 is 0 Å². The fraction of sp³-hybridized carbons (Fsp3) is 0.0345. The average Bonchev–Trinajstić information content (AvgIpc) is 4.13. The fourth-order valence-electron chi connectivity index (χ4n) is 10.2. The summed E-state index contributed by atoms with van der Waals surface area (Å²) in [5, 5.41) is 9.37.